The van der Waals surface area contributed by atoms with Gasteiger partial charge in [0, 0.05) is 0 Å². The third-order valence-electron chi connectivity index (χ3n) is 5.13. The topological polar surface area (TPSA) is 60.2 Å². The molecule has 0 aromatic heterocycles. The minimum Gasteiger partial charge on any atom is -0.330 e. The molecule has 1 fully saturated rings. The van der Waals surface area contributed by atoms with Crippen molar-refractivity contribution in [1.82, 2.24) is 0 Å². The molecule has 0 radical (unpaired) electrons. The predicted octanol–water partition coefficient (Wildman–Crippen LogP) is 3.53. The molecule has 1 aliphatic carbocycles. The number of nitrogens with two attached hydrogens (primary N) is 1. The monoisotopic (exact) mass is 303 g/mol. The van der Waals surface area contributed by atoms with Crippen LogP contribution in [0.5, 0.6) is 0 Å². The normalized spacial score (nSPS) is 28.6. The Morgan fingerprint density at radius 2 is 1.75 bits per heavy atom. The van der Waals surface area contributed by atoms with E-state index in [0.717, 1.165) is 25.2 Å². The van der Waals surface area contributed by atoms with Gasteiger partial charge in [-0.05, 0) is 70.8 Å². The molecular weight excluding hydrogens is 270 g/mol. The summed E-state index contributed by atoms with van der Waals surface area (Å²) in [5.41, 5.74) is 6.07. The van der Waals surface area contributed by atoms with Gasteiger partial charge in [0.15, 0.2) is 9.84 Å². The summed E-state index contributed by atoms with van der Waals surface area (Å²) in [6.45, 7) is 8.23. The van der Waals surface area contributed by atoms with Crippen LogP contribution in [0.1, 0.15) is 72.6 Å². The Morgan fingerprint density at radius 3 is 2.15 bits per heavy atom. The fourth-order valence-electron chi connectivity index (χ4n) is 3.20. The smallest absolute Gasteiger partial charge is 0.155 e. The van der Waals surface area contributed by atoms with Gasteiger partial charge in [-0.25, -0.2) is 8.42 Å². The second kappa shape index (κ2) is 6.78. The lowest BCUT2D eigenvalue weighted by Gasteiger charge is -2.40. The average Bonchev–Trinajstić information content (AvgIpc) is 2.37. The summed E-state index contributed by atoms with van der Waals surface area (Å²) < 4.78 is 23.9. The molecule has 0 aliphatic heterocycles. The molecule has 0 aromatic carbocycles. The molecule has 1 aliphatic rings. The Morgan fingerprint density at radius 1 is 1.20 bits per heavy atom. The zero-order valence-electron chi connectivity index (χ0n) is 13.7. The number of sulfone groups is 1. The van der Waals surface area contributed by atoms with Crippen molar-refractivity contribution in [2.75, 3.05) is 12.3 Å². The van der Waals surface area contributed by atoms with Crippen LogP contribution < -0.4 is 5.73 Å². The molecule has 120 valence electrons. The molecule has 2 N–H and O–H groups in total. The summed E-state index contributed by atoms with van der Waals surface area (Å²) in [7, 11) is -3.02. The molecule has 0 spiro atoms. The Labute approximate surface area is 125 Å². The maximum atomic E-state index is 12.3. The SMILES string of the molecule is CCCC1CCC(CN)(CCS(=O)(=O)C(C)(C)C)CC1. The van der Waals surface area contributed by atoms with Gasteiger partial charge in [-0.1, -0.05) is 19.8 Å². The first-order valence-electron chi connectivity index (χ1n) is 8.08. The van der Waals surface area contributed by atoms with Crippen LogP contribution in [0.15, 0.2) is 0 Å². The first-order valence-corrected chi connectivity index (χ1v) is 9.73. The molecule has 4 heteroatoms. The van der Waals surface area contributed by atoms with Crippen molar-refractivity contribution in [3.8, 4) is 0 Å². The molecule has 0 heterocycles. The zero-order valence-corrected chi connectivity index (χ0v) is 14.6. The van der Waals surface area contributed by atoms with E-state index in [1.54, 1.807) is 20.8 Å². The van der Waals surface area contributed by atoms with Gasteiger partial charge in [0.1, 0.15) is 0 Å². The molecule has 0 unspecified atom stereocenters. The Kier molecular flexibility index (Phi) is 6.09. The molecule has 0 amide bonds. The van der Waals surface area contributed by atoms with Crippen molar-refractivity contribution < 1.29 is 8.42 Å². The maximum absolute atomic E-state index is 12.3. The van der Waals surface area contributed by atoms with E-state index < -0.39 is 14.6 Å². The van der Waals surface area contributed by atoms with Crippen molar-refractivity contribution in [2.24, 2.45) is 17.1 Å². The first-order chi connectivity index (χ1) is 9.16. The molecule has 0 aromatic rings. The highest BCUT2D eigenvalue weighted by atomic mass is 32.2. The second-order valence-electron chi connectivity index (χ2n) is 7.62. The van der Waals surface area contributed by atoms with E-state index in [1.165, 1.54) is 25.7 Å². The number of rotatable bonds is 6. The highest BCUT2D eigenvalue weighted by Crippen LogP contribution is 2.42. The molecule has 1 rings (SSSR count). The van der Waals surface area contributed by atoms with Gasteiger partial charge in [-0.3, -0.25) is 0 Å². The fraction of sp³-hybridized carbons (Fsp3) is 1.00. The summed E-state index contributed by atoms with van der Waals surface area (Å²) in [4.78, 5) is 0. The molecule has 20 heavy (non-hydrogen) atoms. The van der Waals surface area contributed by atoms with Crippen LogP contribution in [0, 0.1) is 11.3 Å². The largest absolute Gasteiger partial charge is 0.330 e. The molecule has 1 saturated carbocycles. The summed E-state index contributed by atoms with van der Waals surface area (Å²) in [5, 5.41) is 0. The third kappa shape index (κ3) is 4.45. The first kappa shape index (κ1) is 18.0. The standard InChI is InChI=1S/C16H33NO2S/c1-5-6-14-7-9-16(13-17,10-8-14)11-12-20(18,19)15(2,3)4/h14H,5-13,17H2,1-4H3. The van der Waals surface area contributed by atoms with Crippen molar-refractivity contribution in [3.05, 3.63) is 0 Å². The lowest BCUT2D eigenvalue weighted by atomic mass is 9.68. The number of hydrogen-bond donors (Lipinski definition) is 1. The summed E-state index contributed by atoms with van der Waals surface area (Å²) >= 11 is 0. The minimum atomic E-state index is -3.02. The fourth-order valence-corrected chi connectivity index (χ4v) is 4.51. The predicted molar refractivity (Wildman–Crippen MR) is 86.5 cm³/mol. The average molecular weight is 304 g/mol. The van der Waals surface area contributed by atoms with E-state index in [0.29, 0.717) is 6.54 Å². The van der Waals surface area contributed by atoms with Gasteiger partial charge in [-0.2, -0.15) is 0 Å². The highest BCUT2D eigenvalue weighted by molar-refractivity contribution is 7.92. The molecule has 0 bridgehead atoms. The summed E-state index contributed by atoms with van der Waals surface area (Å²) in [6.07, 6.45) is 7.95. The van der Waals surface area contributed by atoms with Gasteiger partial charge in [0.2, 0.25) is 0 Å². The van der Waals surface area contributed by atoms with E-state index in [4.69, 9.17) is 5.73 Å². The lowest BCUT2D eigenvalue weighted by molar-refractivity contribution is 0.146. The minimum absolute atomic E-state index is 0.0720. The van der Waals surface area contributed by atoms with Crippen LogP contribution in [0.3, 0.4) is 0 Å². The van der Waals surface area contributed by atoms with E-state index in [-0.39, 0.29) is 11.2 Å². The zero-order chi connectivity index (χ0) is 15.4. The van der Waals surface area contributed by atoms with E-state index in [2.05, 4.69) is 6.92 Å². The van der Waals surface area contributed by atoms with Gasteiger partial charge in [0.25, 0.3) is 0 Å². The third-order valence-corrected chi connectivity index (χ3v) is 7.74. The van der Waals surface area contributed by atoms with Gasteiger partial charge >= 0.3 is 0 Å². The van der Waals surface area contributed by atoms with E-state index in [1.807, 2.05) is 0 Å². The summed E-state index contributed by atoms with van der Waals surface area (Å²) in [5.74, 6) is 1.12. The van der Waals surface area contributed by atoms with Crippen molar-refractivity contribution >= 4 is 9.84 Å². The van der Waals surface area contributed by atoms with Crippen LogP contribution in [-0.2, 0) is 9.84 Å². The van der Waals surface area contributed by atoms with E-state index in [9.17, 15) is 8.42 Å². The quantitative estimate of drug-likeness (QED) is 0.816. The van der Waals surface area contributed by atoms with Crippen LogP contribution in [0.25, 0.3) is 0 Å². The van der Waals surface area contributed by atoms with Gasteiger partial charge in [0.05, 0.1) is 10.5 Å². The Balaban J connectivity index is 2.61. The van der Waals surface area contributed by atoms with Crippen LogP contribution in [0.4, 0.5) is 0 Å². The summed E-state index contributed by atoms with van der Waals surface area (Å²) in [6, 6.07) is 0. The number of hydrogen-bond acceptors (Lipinski definition) is 3. The molecular formula is C16H33NO2S. The molecule has 3 nitrogen and oxygen atoms in total. The Hall–Kier alpha value is -0.0900. The van der Waals surface area contributed by atoms with Crippen LogP contribution >= 0.6 is 0 Å². The molecule has 0 saturated heterocycles. The van der Waals surface area contributed by atoms with E-state index >= 15 is 0 Å². The van der Waals surface area contributed by atoms with Crippen molar-refractivity contribution in [3.63, 3.8) is 0 Å². The molecule has 0 atom stereocenters. The van der Waals surface area contributed by atoms with Crippen molar-refractivity contribution in [2.45, 2.75) is 77.4 Å². The highest BCUT2D eigenvalue weighted by Gasteiger charge is 2.37. The van der Waals surface area contributed by atoms with Crippen LogP contribution in [0.2, 0.25) is 0 Å². The van der Waals surface area contributed by atoms with Gasteiger partial charge in [-0.15, -0.1) is 0 Å². The van der Waals surface area contributed by atoms with Gasteiger partial charge < -0.3 is 5.73 Å². The van der Waals surface area contributed by atoms with Crippen molar-refractivity contribution in [1.29, 1.82) is 0 Å². The Bertz CT molecular complexity index is 387. The second-order valence-corrected chi connectivity index (χ2v) is 10.5. The lowest BCUT2D eigenvalue weighted by Crippen LogP contribution is -2.39. The van der Waals surface area contributed by atoms with Crippen LogP contribution in [-0.4, -0.2) is 25.5 Å². The maximum Gasteiger partial charge on any atom is 0.155 e.